The van der Waals surface area contributed by atoms with Crippen LogP contribution < -0.4 is 5.32 Å². The molecule has 1 aromatic rings. The van der Waals surface area contributed by atoms with Gasteiger partial charge >= 0.3 is 13.6 Å². The lowest BCUT2D eigenvalue weighted by molar-refractivity contribution is -0.139. The smallest absolute Gasteiger partial charge is 0.339 e. The summed E-state index contributed by atoms with van der Waals surface area (Å²) in [5.41, 5.74) is 0.575. The van der Waals surface area contributed by atoms with Gasteiger partial charge in [0, 0.05) is 18.3 Å². The third-order valence-corrected chi connectivity index (χ3v) is 2.42. The Morgan fingerprint density at radius 3 is 2.75 bits per heavy atom. The van der Waals surface area contributed by atoms with Gasteiger partial charge in [-0.1, -0.05) is 0 Å². The molecule has 1 atom stereocenters. The summed E-state index contributed by atoms with van der Waals surface area (Å²) in [5, 5.41) is 11.1. The number of carboxylic acid groups (broad SMARTS) is 1. The predicted molar refractivity (Wildman–Crippen MR) is 53.8 cm³/mol. The molecule has 0 aliphatic heterocycles. The molecule has 0 bridgehead atoms. The van der Waals surface area contributed by atoms with E-state index in [-0.39, 0.29) is 6.42 Å². The van der Waals surface area contributed by atoms with Crippen molar-refractivity contribution in [1.29, 1.82) is 0 Å². The lowest BCUT2D eigenvalue weighted by Gasteiger charge is -2.13. The van der Waals surface area contributed by atoms with Crippen LogP contribution in [0.2, 0.25) is 0 Å². The van der Waals surface area contributed by atoms with Gasteiger partial charge in [-0.2, -0.15) is 0 Å². The number of carbonyl (C=O) groups is 1. The fourth-order valence-corrected chi connectivity index (χ4v) is 1.55. The minimum Gasteiger partial charge on any atom is -0.480 e. The highest BCUT2D eigenvalue weighted by Gasteiger charge is 2.22. The van der Waals surface area contributed by atoms with Gasteiger partial charge in [-0.15, -0.1) is 0 Å². The first-order valence-corrected chi connectivity index (χ1v) is 6.16. The second kappa shape index (κ2) is 5.22. The Labute approximate surface area is 90.9 Å². The lowest BCUT2D eigenvalue weighted by Crippen LogP contribution is -2.39. The van der Waals surface area contributed by atoms with Crippen LogP contribution in [0.1, 0.15) is 5.69 Å². The number of hydrogen-bond donors (Lipinski definition) is 5. The van der Waals surface area contributed by atoms with Crippen LogP contribution in [0.15, 0.2) is 12.5 Å². The second-order valence-electron chi connectivity index (χ2n) is 3.20. The zero-order valence-electron chi connectivity index (χ0n) is 8.20. The van der Waals surface area contributed by atoms with E-state index in [1.165, 1.54) is 12.5 Å². The van der Waals surface area contributed by atoms with Gasteiger partial charge in [0.1, 0.15) is 6.04 Å². The van der Waals surface area contributed by atoms with Crippen LogP contribution in [0.4, 0.5) is 0 Å². The van der Waals surface area contributed by atoms with E-state index in [0.717, 1.165) is 0 Å². The van der Waals surface area contributed by atoms with Crippen molar-refractivity contribution >= 4 is 13.6 Å². The van der Waals surface area contributed by atoms with Crippen molar-refractivity contribution in [1.82, 2.24) is 15.3 Å². The molecule has 1 heterocycles. The number of aromatic nitrogens is 2. The number of nitrogens with one attached hydrogen (secondary N) is 2. The monoisotopic (exact) mass is 249 g/mol. The molecular weight excluding hydrogens is 237 g/mol. The van der Waals surface area contributed by atoms with Crippen molar-refractivity contribution in [2.45, 2.75) is 12.5 Å². The molecule has 1 rings (SSSR count). The Hall–Kier alpha value is -1.21. The van der Waals surface area contributed by atoms with Crippen molar-refractivity contribution in [2.24, 2.45) is 0 Å². The van der Waals surface area contributed by atoms with Crippen LogP contribution in [0.5, 0.6) is 0 Å². The number of hydrogen-bond acceptors (Lipinski definition) is 4. The Balaban J connectivity index is 2.55. The first kappa shape index (κ1) is 12.9. The van der Waals surface area contributed by atoms with E-state index in [4.69, 9.17) is 14.9 Å². The van der Waals surface area contributed by atoms with Crippen molar-refractivity contribution in [3.8, 4) is 0 Å². The minimum atomic E-state index is -4.25. The second-order valence-corrected chi connectivity index (χ2v) is 4.84. The number of rotatable bonds is 6. The summed E-state index contributed by atoms with van der Waals surface area (Å²) >= 11 is 0. The van der Waals surface area contributed by atoms with Gasteiger partial charge in [0.05, 0.1) is 12.6 Å². The average Bonchev–Trinajstić information content (AvgIpc) is 2.62. The molecule has 0 amide bonds. The largest absolute Gasteiger partial charge is 0.480 e. The fraction of sp³-hybridized carbons (Fsp3) is 0.429. The average molecular weight is 249 g/mol. The van der Waals surface area contributed by atoms with E-state index < -0.39 is 25.9 Å². The van der Waals surface area contributed by atoms with Crippen molar-refractivity contribution < 1.29 is 24.3 Å². The third kappa shape index (κ3) is 4.54. The molecule has 5 N–H and O–H groups in total. The van der Waals surface area contributed by atoms with Gasteiger partial charge in [-0.3, -0.25) is 14.7 Å². The maximum atomic E-state index is 10.8. The van der Waals surface area contributed by atoms with Crippen LogP contribution in [0, 0.1) is 0 Å². The van der Waals surface area contributed by atoms with Gasteiger partial charge in [-0.25, -0.2) is 4.98 Å². The molecular formula is C7H12N3O5P. The highest BCUT2D eigenvalue weighted by atomic mass is 31.2. The molecule has 0 aromatic carbocycles. The number of H-pyrrole nitrogens is 1. The Morgan fingerprint density at radius 1 is 1.62 bits per heavy atom. The van der Waals surface area contributed by atoms with Gasteiger partial charge in [0.2, 0.25) is 0 Å². The quantitative estimate of drug-likeness (QED) is 0.413. The van der Waals surface area contributed by atoms with Gasteiger partial charge in [0.15, 0.2) is 0 Å². The highest BCUT2D eigenvalue weighted by molar-refractivity contribution is 7.51. The Kier molecular flexibility index (Phi) is 4.19. The van der Waals surface area contributed by atoms with Crippen molar-refractivity contribution in [2.75, 3.05) is 6.29 Å². The zero-order chi connectivity index (χ0) is 12.2. The summed E-state index contributed by atoms with van der Waals surface area (Å²) in [6.07, 6.45) is 2.26. The van der Waals surface area contributed by atoms with Gasteiger partial charge in [0.25, 0.3) is 0 Å². The summed E-state index contributed by atoms with van der Waals surface area (Å²) in [5.74, 6) is -1.18. The number of carboxylic acids is 1. The van der Waals surface area contributed by atoms with E-state index in [2.05, 4.69) is 15.3 Å². The van der Waals surface area contributed by atoms with Crippen LogP contribution >= 0.6 is 7.60 Å². The third-order valence-electron chi connectivity index (χ3n) is 1.82. The number of imidazole rings is 1. The molecule has 0 unspecified atom stereocenters. The molecule has 0 saturated heterocycles. The van der Waals surface area contributed by atoms with E-state index in [9.17, 15) is 9.36 Å². The molecule has 9 heteroatoms. The van der Waals surface area contributed by atoms with Gasteiger partial charge in [-0.05, 0) is 0 Å². The Bertz CT molecular complexity index is 387. The van der Waals surface area contributed by atoms with Crippen molar-refractivity contribution in [3.63, 3.8) is 0 Å². The fourth-order valence-electron chi connectivity index (χ4n) is 1.09. The van der Waals surface area contributed by atoms with Gasteiger partial charge < -0.3 is 19.9 Å². The normalized spacial score (nSPS) is 13.6. The lowest BCUT2D eigenvalue weighted by atomic mass is 10.2. The first-order chi connectivity index (χ1) is 7.38. The summed E-state index contributed by atoms with van der Waals surface area (Å²) < 4.78 is 10.6. The standard InChI is InChI=1S/C7H12N3O5P/c11-7(12)6(10-4-16(13,14)15)1-5-2-8-3-9-5/h2-3,6,10H,1,4H2,(H,8,9)(H,11,12)(H2,13,14,15)/t6-/m0/s1. The summed E-state index contributed by atoms with van der Waals surface area (Å²) in [7, 11) is -4.25. The van der Waals surface area contributed by atoms with E-state index in [1.54, 1.807) is 0 Å². The molecule has 0 fully saturated rings. The molecule has 0 radical (unpaired) electrons. The molecule has 1 aromatic heterocycles. The van der Waals surface area contributed by atoms with Crippen molar-refractivity contribution in [3.05, 3.63) is 18.2 Å². The Morgan fingerprint density at radius 2 is 2.31 bits per heavy atom. The molecule has 0 spiro atoms. The summed E-state index contributed by atoms with van der Waals surface area (Å²) in [6.45, 7) is 0. The van der Waals surface area contributed by atoms with Crippen LogP contribution in [-0.4, -0.2) is 43.2 Å². The molecule has 90 valence electrons. The predicted octanol–water partition coefficient (Wildman–Crippen LogP) is -0.870. The molecule has 16 heavy (non-hydrogen) atoms. The minimum absolute atomic E-state index is 0.0787. The highest BCUT2D eigenvalue weighted by Crippen LogP contribution is 2.32. The van der Waals surface area contributed by atoms with E-state index in [1.807, 2.05) is 0 Å². The zero-order valence-corrected chi connectivity index (χ0v) is 9.09. The number of aliphatic carboxylic acids is 1. The molecule has 0 aliphatic carbocycles. The summed E-state index contributed by atoms with van der Waals surface area (Å²) in [6, 6.07) is -1.06. The maximum absolute atomic E-state index is 10.8. The molecule has 0 aliphatic rings. The first-order valence-electron chi connectivity index (χ1n) is 4.36. The number of nitrogens with zero attached hydrogens (tertiary/aromatic N) is 1. The molecule has 0 saturated carbocycles. The van der Waals surface area contributed by atoms with Crippen LogP contribution in [0.25, 0.3) is 0 Å². The van der Waals surface area contributed by atoms with E-state index in [0.29, 0.717) is 5.69 Å². The SMILES string of the molecule is O=C(O)[C@H](Cc1cnc[nH]1)NCP(=O)(O)O. The molecule has 8 nitrogen and oxygen atoms in total. The van der Waals surface area contributed by atoms with Crippen LogP contribution in [-0.2, 0) is 15.8 Å². The maximum Gasteiger partial charge on any atom is 0.339 e. The number of aromatic amines is 1. The van der Waals surface area contributed by atoms with Crippen LogP contribution in [0.3, 0.4) is 0 Å². The van der Waals surface area contributed by atoms with E-state index >= 15 is 0 Å². The summed E-state index contributed by atoms with van der Waals surface area (Å²) in [4.78, 5) is 34.4. The topological polar surface area (TPSA) is 136 Å².